The molecule has 2 rings (SSSR count). The third-order valence-electron chi connectivity index (χ3n) is 3.30. The number of amides is 1. The van der Waals surface area contributed by atoms with Crippen LogP contribution >= 0.6 is 0 Å². The van der Waals surface area contributed by atoms with Crippen LogP contribution in [0.4, 0.5) is 5.82 Å². The lowest BCUT2D eigenvalue weighted by Gasteiger charge is -2.31. The van der Waals surface area contributed by atoms with Crippen LogP contribution in [-0.4, -0.2) is 40.3 Å². The maximum Gasteiger partial charge on any atom is 0.303 e. The molecule has 0 spiro atoms. The number of carbonyl (C=O) groups is 2. The lowest BCUT2D eigenvalue weighted by molar-refractivity contribution is -0.138. The van der Waals surface area contributed by atoms with Crippen LogP contribution in [0.15, 0.2) is 12.1 Å². The van der Waals surface area contributed by atoms with E-state index in [0.29, 0.717) is 5.82 Å². The number of carboxylic acids is 1. The van der Waals surface area contributed by atoms with Gasteiger partial charge in [0.05, 0.1) is 0 Å². The van der Waals surface area contributed by atoms with Crippen molar-refractivity contribution >= 4 is 17.7 Å². The Morgan fingerprint density at radius 1 is 1.32 bits per heavy atom. The predicted octanol–water partition coefficient (Wildman–Crippen LogP) is 0.267. The molecule has 1 aromatic heterocycles. The van der Waals surface area contributed by atoms with Crippen molar-refractivity contribution in [1.29, 1.82) is 0 Å². The fraction of sp³-hybridized carbons (Fsp3) is 0.500. The Kier molecular flexibility index (Phi) is 3.94. The summed E-state index contributed by atoms with van der Waals surface area (Å²) in [5.41, 5.74) is 5.24. The summed E-state index contributed by atoms with van der Waals surface area (Å²) in [5.74, 6) is -0.423. The van der Waals surface area contributed by atoms with Crippen LogP contribution in [0.1, 0.15) is 29.8 Å². The Hall–Kier alpha value is -2.18. The van der Waals surface area contributed by atoms with Gasteiger partial charge in [0.2, 0.25) is 0 Å². The fourth-order valence-corrected chi connectivity index (χ4v) is 2.24. The number of nitrogens with two attached hydrogens (primary N) is 1. The minimum Gasteiger partial charge on any atom is -0.481 e. The normalized spacial score (nSPS) is 16.3. The molecule has 1 saturated heterocycles. The van der Waals surface area contributed by atoms with Crippen molar-refractivity contribution in [3.63, 3.8) is 0 Å². The Morgan fingerprint density at radius 2 is 2.00 bits per heavy atom. The molecule has 1 aliphatic rings. The molecule has 102 valence electrons. The van der Waals surface area contributed by atoms with Gasteiger partial charge in [0, 0.05) is 19.5 Å². The number of aromatic nitrogens is 2. The summed E-state index contributed by atoms with van der Waals surface area (Å²) in [5, 5.41) is 16.5. The van der Waals surface area contributed by atoms with Gasteiger partial charge >= 0.3 is 5.97 Å². The summed E-state index contributed by atoms with van der Waals surface area (Å²) in [7, 11) is 0. The molecule has 7 nitrogen and oxygen atoms in total. The van der Waals surface area contributed by atoms with Crippen molar-refractivity contribution < 1.29 is 14.7 Å². The average molecular weight is 264 g/mol. The first-order chi connectivity index (χ1) is 9.06. The number of primary amides is 1. The van der Waals surface area contributed by atoms with E-state index < -0.39 is 11.9 Å². The molecule has 1 aromatic rings. The van der Waals surface area contributed by atoms with Crippen LogP contribution in [-0.2, 0) is 4.79 Å². The van der Waals surface area contributed by atoms with Crippen LogP contribution in [0, 0.1) is 5.92 Å². The number of rotatable bonds is 4. The first kappa shape index (κ1) is 13.3. The summed E-state index contributed by atoms with van der Waals surface area (Å²) in [4.78, 5) is 23.6. The second-order valence-electron chi connectivity index (χ2n) is 4.67. The highest BCUT2D eigenvalue weighted by Gasteiger charge is 2.22. The van der Waals surface area contributed by atoms with Gasteiger partial charge in [-0.25, -0.2) is 0 Å². The van der Waals surface area contributed by atoms with Gasteiger partial charge in [-0.1, -0.05) is 0 Å². The number of anilines is 1. The number of hydrogen-bond acceptors (Lipinski definition) is 5. The van der Waals surface area contributed by atoms with E-state index in [9.17, 15) is 9.59 Å². The summed E-state index contributed by atoms with van der Waals surface area (Å²) < 4.78 is 0. The highest BCUT2D eigenvalue weighted by atomic mass is 16.4. The van der Waals surface area contributed by atoms with Gasteiger partial charge in [-0.2, -0.15) is 0 Å². The van der Waals surface area contributed by atoms with Crippen molar-refractivity contribution in [1.82, 2.24) is 10.2 Å². The number of nitrogens with zero attached hydrogens (tertiary/aromatic N) is 3. The molecule has 0 aromatic carbocycles. The average Bonchev–Trinajstić information content (AvgIpc) is 2.39. The van der Waals surface area contributed by atoms with E-state index in [2.05, 4.69) is 10.2 Å². The van der Waals surface area contributed by atoms with E-state index in [-0.39, 0.29) is 18.0 Å². The van der Waals surface area contributed by atoms with Gasteiger partial charge in [-0.05, 0) is 30.9 Å². The zero-order chi connectivity index (χ0) is 13.8. The molecule has 0 aliphatic carbocycles. The first-order valence-corrected chi connectivity index (χ1v) is 6.16. The Bertz CT molecular complexity index is 466. The first-order valence-electron chi connectivity index (χ1n) is 6.16. The summed E-state index contributed by atoms with van der Waals surface area (Å²) in [6, 6.07) is 3.26. The standard InChI is InChI=1S/C12H16N4O3/c13-12(19)9-1-2-10(15-14-9)16-5-3-8(4-6-16)7-11(17)18/h1-2,8H,3-7H2,(H2,13,19)(H,17,18). The van der Waals surface area contributed by atoms with E-state index >= 15 is 0 Å². The molecule has 0 radical (unpaired) electrons. The Balaban J connectivity index is 1.94. The van der Waals surface area contributed by atoms with E-state index in [1.54, 1.807) is 12.1 Å². The highest BCUT2D eigenvalue weighted by Crippen LogP contribution is 2.23. The minimum absolute atomic E-state index is 0.143. The number of hydrogen-bond donors (Lipinski definition) is 2. The quantitative estimate of drug-likeness (QED) is 0.807. The van der Waals surface area contributed by atoms with E-state index in [0.717, 1.165) is 25.9 Å². The molecule has 0 saturated carbocycles. The highest BCUT2D eigenvalue weighted by molar-refractivity contribution is 5.90. The summed E-state index contributed by atoms with van der Waals surface area (Å²) >= 11 is 0. The molecule has 0 unspecified atom stereocenters. The minimum atomic E-state index is -0.746. The molecule has 0 atom stereocenters. The van der Waals surface area contributed by atoms with Crippen molar-refractivity contribution in [2.75, 3.05) is 18.0 Å². The second-order valence-corrected chi connectivity index (χ2v) is 4.67. The van der Waals surface area contributed by atoms with Crippen molar-refractivity contribution in [2.24, 2.45) is 11.7 Å². The number of piperidine rings is 1. The molecule has 0 bridgehead atoms. The van der Waals surface area contributed by atoms with Gasteiger partial charge in [0.15, 0.2) is 11.5 Å². The van der Waals surface area contributed by atoms with Gasteiger partial charge < -0.3 is 15.7 Å². The van der Waals surface area contributed by atoms with Crippen molar-refractivity contribution in [3.05, 3.63) is 17.8 Å². The number of carbonyl (C=O) groups excluding carboxylic acids is 1. The smallest absolute Gasteiger partial charge is 0.303 e. The van der Waals surface area contributed by atoms with Gasteiger partial charge in [0.1, 0.15) is 0 Å². The molecule has 2 heterocycles. The van der Waals surface area contributed by atoms with Crippen molar-refractivity contribution in [2.45, 2.75) is 19.3 Å². The topological polar surface area (TPSA) is 109 Å². The zero-order valence-corrected chi connectivity index (χ0v) is 10.5. The van der Waals surface area contributed by atoms with Crippen LogP contribution in [0.2, 0.25) is 0 Å². The monoisotopic (exact) mass is 264 g/mol. The van der Waals surface area contributed by atoms with E-state index in [1.165, 1.54) is 0 Å². The third-order valence-corrected chi connectivity index (χ3v) is 3.30. The van der Waals surface area contributed by atoms with Crippen LogP contribution in [0.3, 0.4) is 0 Å². The van der Waals surface area contributed by atoms with Crippen molar-refractivity contribution in [3.8, 4) is 0 Å². The lowest BCUT2D eigenvalue weighted by Crippen LogP contribution is -2.35. The molecule has 7 heteroatoms. The van der Waals surface area contributed by atoms with E-state index in [1.807, 2.05) is 4.90 Å². The zero-order valence-electron chi connectivity index (χ0n) is 10.5. The molecule has 3 N–H and O–H groups in total. The predicted molar refractivity (Wildman–Crippen MR) is 67.7 cm³/mol. The largest absolute Gasteiger partial charge is 0.481 e. The third kappa shape index (κ3) is 3.40. The van der Waals surface area contributed by atoms with Crippen LogP contribution in [0.5, 0.6) is 0 Å². The second kappa shape index (κ2) is 5.64. The Morgan fingerprint density at radius 3 is 2.47 bits per heavy atom. The van der Waals surface area contributed by atoms with E-state index in [4.69, 9.17) is 10.8 Å². The molecular formula is C12H16N4O3. The molecule has 1 amide bonds. The molecule has 1 aliphatic heterocycles. The molecule has 1 fully saturated rings. The Labute approximate surface area is 110 Å². The maximum atomic E-state index is 10.9. The van der Waals surface area contributed by atoms with Gasteiger partial charge in [-0.3, -0.25) is 9.59 Å². The van der Waals surface area contributed by atoms with Crippen LogP contribution in [0.25, 0.3) is 0 Å². The lowest BCUT2D eigenvalue weighted by atomic mass is 9.94. The van der Waals surface area contributed by atoms with Gasteiger partial charge in [0.25, 0.3) is 5.91 Å². The summed E-state index contributed by atoms with van der Waals surface area (Å²) in [6.45, 7) is 1.51. The van der Waals surface area contributed by atoms with Gasteiger partial charge in [-0.15, -0.1) is 10.2 Å². The molecular weight excluding hydrogens is 248 g/mol. The van der Waals surface area contributed by atoms with Crippen LogP contribution < -0.4 is 10.6 Å². The summed E-state index contributed by atoms with van der Waals surface area (Å²) in [6.07, 6.45) is 1.87. The SMILES string of the molecule is NC(=O)c1ccc(N2CCC(CC(=O)O)CC2)nn1. The molecule has 19 heavy (non-hydrogen) atoms. The fourth-order valence-electron chi connectivity index (χ4n) is 2.24. The number of aliphatic carboxylic acids is 1. The number of carboxylic acid groups (broad SMARTS) is 1. The maximum absolute atomic E-state index is 10.9.